The van der Waals surface area contributed by atoms with Crippen molar-refractivity contribution in [3.63, 3.8) is 0 Å². The zero-order chi connectivity index (χ0) is 17.7. The maximum atomic E-state index is 10.4. The molecule has 138 valence electrons. The van der Waals surface area contributed by atoms with E-state index < -0.39 is 6.10 Å². The number of aliphatic hydroxyl groups is 1. The van der Waals surface area contributed by atoms with E-state index in [1.165, 1.54) is 11.1 Å². The third-order valence-electron chi connectivity index (χ3n) is 4.18. The summed E-state index contributed by atoms with van der Waals surface area (Å²) >= 11 is 0. The van der Waals surface area contributed by atoms with Crippen LogP contribution in [0, 0.1) is 20.8 Å². The van der Waals surface area contributed by atoms with Gasteiger partial charge in [0.1, 0.15) is 31.5 Å². The molecule has 0 bridgehead atoms. The lowest BCUT2D eigenvalue weighted by atomic mass is 10.1. The molecule has 1 N–H and O–H groups in total. The molecule has 0 amide bonds. The minimum absolute atomic E-state index is 0. The number of rotatable bonds is 7. The molecule has 0 heterocycles. The van der Waals surface area contributed by atoms with Gasteiger partial charge in [0.2, 0.25) is 0 Å². The van der Waals surface area contributed by atoms with Gasteiger partial charge in [-0.2, -0.15) is 0 Å². The molecule has 2 aromatic carbocycles. The first-order valence-corrected chi connectivity index (χ1v) is 8.51. The number of ether oxygens (including phenoxy) is 1. The van der Waals surface area contributed by atoms with Gasteiger partial charge in [-0.05, 0) is 31.9 Å². The van der Waals surface area contributed by atoms with E-state index in [0.29, 0.717) is 13.2 Å². The molecular formula is C21H30ClNO2. The van der Waals surface area contributed by atoms with Crippen LogP contribution in [0.1, 0.15) is 22.3 Å². The number of benzene rings is 2. The van der Waals surface area contributed by atoms with Crippen molar-refractivity contribution in [3.8, 4) is 5.75 Å². The Kier molecular flexibility index (Phi) is 7.94. The maximum absolute atomic E-state index is 10.4. The highest BCUT2D eigenvalue weighted by Crippen LogP contribution is 2.24. The summed E-state index contributed by atoms with van der Waals surface area (Å²) in [6.07, 6.45) is -0.496. The second kappa shape index (κ2) is 9.23. The van der Waals surface area contributed by atoms with Crippen LogP contribution < -0.4 is 17.1 Å². The van der Waals surface area contributed by atoms with Crippen LogP contribution >= 0.6 is 0 Å². The topological polar surface area (TPSA) is 29.5 Å². The van der Waals surface area contributed by atoms with Gasteiger partial charge in [0.25, 0.3) is 0 Å². The van der Waals surface area contributed by atoms with Crippen molar-refractivity contribution in [1.29, 1.82) is 0 Å². The van der Waals surface area contributed by atoms with Gasteiger partial charge in [0.15, 0.2) is 0 Å². The van der Waals surface area contributed by atoms with Gasteiger partial charge >= 0.3 is 0 Å². The Morgan fingerprint density at radius 1 is 1.00 bits per heavy atom. The first kappa shape index (κ1) is 21.5. The molecule has 0 saturated heterocycles. The highest BCUT2D eigenvalue weighted by atomic mass is 35.5. The molecule has 0 aromatic heterocycles. The van der Waals surface area contributed by atoms with Crippen molar-refractivity contribution in [1.82, 2.24) is 0 Å². The first-order chi connectivity index (χ1) is 11.3. The van der Waals surface area contributed by atoms with E-state index in [-0.39, 0.29) is 12.4 Å². The molecule has 0 spiro atoms. The van der Waals surface area contributed by atoms with Crippen molar-refractivity contribution < 1.29 is 26.7 Å². The Bertz CT molecular complexity index is 648. The Balaban J connectivity index is 0.00000312. The lowest BCUT2D eigenvalue weighted by Gasteiger charge is -2.32. The largest absolute Gasteiger partial charge is 1.00 e. The summed E-state index contributed by atoms with van der Waals surface area (Å²) in [6, 6.07) is 14.6. The van der Waals surface area contributed by atoms with Gasteiger partial charge in [-0.1, -0.05) is 48.0 Å². The lowest BCUT2D eigenvalue weighted by Crippen LogP contribution is -3.00. The van der Waals surface area contributed by atoms with Crippen molar-refractivity contribution in [2.75, 3.05) is 27.2 Å². The number of likely N-dealkylation sites (N-methyl/N-ethyl adjacent to an activating group) is 1. The van der Waals surface area contributed by atoms with Crippen molar-refractivity contribution in [2.45, 2.75) is 33.4 Å². The number of halogens is 1. The van der Waals surface area contributed by atoms with E-state index in [4.69, 9.17) is 4.74 Å². The molecule has 0 aliphatic heterocycles. The quantitative estimate of drug-likeness (QED) is 0.731. The Morgan fingerprint density at radius 3 is 2.12 bits per heavy atom. The van der Waals surface area contributed by atoms with Crippen LogP contribution in [-0.4, -0.2) is 42.9 Å². The zero-order valence-electron chi connectivity index (χ0n) is 15.9. The summed E-state index contributed by atoms with van der Waals surface area (Å²) in [6.45, 7) is 8.05. The van der Waals surface area contributed by atoms with Crippen molar-refractivity contribution in [3.05, 3.63) is 64.7 Å². The van der Waals surface area contributed by atoms with Gasteiger partial charge in [-0.3, -0.25) is 0 Å². The fourth-order valence-electron chi connectivity index (χ4n) is 3.34. The Morgan fingerprint density at radius 2 is 1.56 bits per heavy atom. The SMILES string of the molecule is Cc1cc(C)c(OCC(O)C[N+](C)(C)Cc2ccccc2)c(C)c1.[Cl-]. The van der Waals surface area contributed by atoms with Gasteiger partial charge in [0, 0.05) is 5.56 Å². The van der Waals surface area contributed by atoms with E-state index in [2.05, 4.69) is 71.3 Å². The number of quaternary nitrogens is 1. The fraction of sp³-hybridized carbons (Fsp3) is 0.429. The molecule has 1 unspecified atom stereocenters. The molecule has 0 aliphatic rings. The number of hydrogen-bond acceptors (Lipinski definition) is 2. The lowest BCUT2D eigenvalue weighted by molar-refractivity contribution is -0.906. The molecule has 25 heavy (non-hydrogen) atoms. The average molecular weight is 364 g/mol. The highest BCUT2D eigenvalue weighted by molar-refractivity contribution is 5.42. The van der Waals surface area contributed by atoms with Crippen LogP contribution in [0.2, 0.25) is 0 Å². The smallest absolute Gasteiger partial charge is 0.137 e. The fourth-order valence-corrected chi connectivity index (χ4v) is 3.34. The normalized spacial score (nSPS) is 12.4. The van der Waals surface area contributed by atoms with E-state index in [0.717, 1.165) is 27.9 Å². The summed E-state index contributed by atoms with van der Waals surface area (Å²) in [7, 11) is 4.27. The standard InChI is InChI=1S/C21H30NO2.ClH/c1-16-11-17(2)21(18(3)12-16)24-15-20(23)14-22(4,5)13-19-9-7-6-8-10-19;/h6-12,20,23H,13-15H2,1-5H3;1H/q+1;/p-1. The number of hydrogen-bond donors (Lipinski definition) is 1. The summed E-state index contributed by atoms with van der Waals surface area (Å²) in [4.78, 5) is 0. The number of nitrogens with zero attached hydrogens (tertiary/aromatic N) is 1. The first-order valence-electron chi connectivity index (χ1n) is 8.51. The summed E-state index contributed by atoms with van der Waals surface area (Å²) in [5.74, 6) is 0.896. The summed E-state index contributed by atoms with van der Waals surface area (Å²) < 4.78 is 6.64. The zero-order valence-corrected chi connectivity index (χ0v) is 16.7. The van der Waals surface area contributed by atoms with Crippen LogP contribution in [0.15, 0.2) is 42.5 Å². The van der Waals surface area contributed by atoms with E-state index in [1.54, 1.807) is 0 Å². The van der Waals surface area contributed by atoms with Crippen LogP contribution in [0.3, 0.4) is 0 Å². The molecule has 2 rings (SSSR count). The predicted octanol–water partition coefficient (Wildman–Crippen LogP) is 0.632. The van der Waals surface area contributed by atoms with E-state index in [9.17, 15) is 5.11 Å². The minimum Gasteiger partial charge on any atom is -1.00 e. The second-order valence-electron chi connectivity index (χ2n) is 7.45. The molecule has 1 atom stereocenters. The van der Waals surface area contributed by atoms with Crippen molar-refractivity contribution >= 4 is 0 Å². The van der Waals surface area contributed by atoms with Gasteiger partial charge in [-0.15, -0.1) is 0 Å². The molecular weight excluding hydrogens is 334 g/mol. The molecule has 0 aliphatic carbocycles. The highest BCUT2D eigenvalue weighted by Gasteiger charge is 2.22. The minimum atomic E-state index is -0.496. The van der Waals surface area contributed by atoms with E-state index in [1.807, 2.05) is 6.07 Å². The van der Waals surface area contributed by atoms with Gasteiger partial charge < -0.3 is 26.7 Å². The molecule has 4 heteroatoms. The molecule has 3 nitrogen and oxygen atoms in total. The number of aryl methyl sites for hydroxylation is 3. The monoisotopic (exact) mass is 363 g/mol. The average Bonchev–Trinajstić information content (AvgIpc) is 2.45. The third kappa shape index (κ3) is 6.69. The third-order valence-corrected chi connectivity index (χ3v) is 4.18. The molecule has 0 radical (unpaired) electrons. The van der Waals surface area contributed by atoms with Crippen LogP contribution in [-0.2, 0) is 6.54 Å². The second-order valence-corrected chi connectivity index (χ2v) is 7.45. The van der Waals surface area contributed by atoms with Crippen LogP contribution in [0.5, 0.6) is 5.75 Å². The van der Waals surface area contributed by atoms with Gasteiger partial charge in [-0.25, -0.2) is 0 Å². The predicted molar refractivity (Wildman–Crippen MR) is 99.3 cm³/mol. The molecule has 2 aromatic rings. The van der Waals surface area contributed by atoms with Gasteiger partial charge in [0.05, 0.1) is 14.1 Å². The number of aliphatic hydroxyl groups excluding tert-OH is 1. The van der Waals surface area contributed by atoms with Crippen LogP contribution in [0.4, 0.5) is 0 Å². The van der Waals surface area contributed by atoms with Crippen molar-refractivity contribution in [2.24, 2.45) is 0 Å². The Labute approximate surface area is 158 Å². The van der Waals surface area contributed by atoms with Crippen LogP contribution in [0.25, 0.3) is 0 Å². The van der Waals surface area contributed by atoms with E-state index >= 15 is 0 Å². The Hall–Kier alpha value is -1.55. The summed E-state index contributed by atoms with van der Waals surface area (Å²) in [5, 5.41) is 10.4. The summed E-state index contributed by atoms with van der Waals surface area (Å²) in [5.41, 5.74) is 4.76. The molecule has 0 saturated carbocycles. The maximum Gasteiger partial charge on any atom is 0.137 e. The molecule has 0 fully saturated rings.